The van der Waals surface area contributed by atoms with Crippen molar-refractivity contribution >= 4 is 21.8 Å². The van der Waals surface area contributed by atoms with Gasteiger partial charge in [0.15, 0.2) is 11.6 Å². The van der Waals surface area contributed by atoms with Crippen LogP contribution in [0.5, 0.6) is 5.75 Å². The van der Waals surface area contributed by atoms with Gasteiger partial charge in [-0.15, -0.1) is 0 Å². The summed E-state index contributed by atoms with van der Waals surface area (Å²) in [6.07, 6.45) is 0. The van der Waals surface area contributed by atoms with Crippen molar-refractivity contribution in [2.45, 2.75) is 6.54 Å². The average Bonchev–Trinajstić information content (AvgIpc) is 2.46. The van der Waals surface area contributed by atoms with Crippen molar-refractivity contribution in [3.63, 3.8) is 0 Å². The Hall–Kier alpha value is -1.95. The second-order valence-corrected chi connectivity index (χ2v) is 5.29. The normalized spacial score (nSPS) is 10.3. The van der Waals surface area contributed by atoms with Crippen LogP contribution in [0.3, 0.4) is 0 Å². The van der Waals surface area contributed by atoms with Crippen LogP contribution in [0, 0.1) is 5.82 Å². The predicted molar refractivity (Wildman–Crippen MR) is 80.7 cm³/mol. The van der Waals surface area contributed by atoms with Gasteiger partial charge < -0.3 is 9.64 Å². The Bertz CT molecular complexity index is 664. The lowest BCUT2D eigenvalue weighted by Gasteiger charge is -2.17. The summed E-state index contributed by atoms with van der Waals surface area (Å²) in [6.45, 7) is 0.286. The van der Waals surface area contributed by atoms with E-state index in [1.807, 2.05) is 0 Å². The molecule has 1 aromatic heterocycles. The van der Waals surface area contributed by atoms with Gasteiger partial charge in [-0.1, -0.05) is 12.1 Å². The van der Waals surface area contributed by atoms with Crippen molar-refractivity contribution in [3.05, 3.63) is 58.1 Å². The van der Waals surface area contributed by atoms with E-state index in [1.165, 1.54) is 18.1 Å². The van der Waals surface area contributed by atoms with E-state index in [-0.39, 0.29) is 18.2 Å². The molecule has 0 saturated heterocycles. The monoisotopic (exact) mass is 352 g/mol. The quantitative estimate of drug-likeness (QED) is 0.793. The lowest BCUT2D eigenvalue weighted by atomic mass is 10.2. The maximum atomic E-state index is 13.6. The van der Waals surface area contributed by atoms with E-state index in [4.69, 9.17) is 4.74 Å². The predicted octanol–water partition coefficient (Wildman–Crippen LogP) is 3.26. The van der Waals surface area contributed by atoms with Crippen LogP contribution >= 0.6 is 15.9 Å². The lowest BCUT2D eigenvalue weighted by Crippen LogP contribution is -2.27. The first-order valence-corrected chi connectivity index (χ1v) is 7.01. The molecule has 0 N–H and O–H groups in total. The first-order valence-electron chi connectivity index (χ1n) is 6.21. The standard InChI is InChI=1S/C15H14BrFN2O2/c1-19(15(20)12-4-3-5-14(16)18-12)9-10-6-7-13(21-2)11(17)8-10/h3-8H,9H2,1-2H3. The number of hydrogen-bond donors (Lipinski definition) is 0. The number of carbonyl (C=O) groups is 1. The number of benzene rings is 1. The van der Waals surface area contributed by atoms with Gasteiger partial charge in [-0.25, -0.2) is 9.37 Å². The van der Waals surface area contributed by atoms with Gasteiger partial charge in [-0.2, -0.15) is 0 Å². The van der Waals surface area contributed by atoms with E-state index in [0.29, 0.717) is 15.9 Å². The number of ether oxygens (including phenoxy) is 1. The molecule has 2 aromatic rings. The minimum Gasteiger partial charge on any atom is -0.494 e. The number of amides is 1. The molecule has 0 aliphatic rings. The molecule has 1 aromatic carbocycles. The Balaban J connectivity index is 2.12. The highest BCUT2D eigenvalue weighted by atomic mass is 79.9. The summed E-state index contributed by atoms with van der Waals surface area (Å²) in [4.78, 5) is 17.8. The van der Waals surface area contributed by atoms with E-state index in [0.717, 1.165) is 0 Å². The van der Waals surface area contributed by atoms with Crippen molar-refractivity contribution in [1.29, 1.82) is 0 Å². The summed E-state index contributed by atoms with van der Waals surface area (Å²) >= 11 is 3.23. The maximum absolute atomic E-state index is 13.6. The zero-order valence-corrected chi connectivity index (χ0v) is 13.2. The van der Waals surface area contributed by atoms with Gasteiger partial charge in [0.05, 0.1) is 7.11 Å². The van der Waals surface area contributed by atoms with E-state index in [2.05, 4.69) is 20.9 Å². The number of methoxy groups -OCH3 is 1. The summed E-state index contributed by atoms with van der Waals surface area (Å²) in [5.41, 5.74) is 1.01. The van der Waals surface area contributed by atoms with E-state index >= 15 is 0 Å². The molecule has 0 aliphatic carbocycles. The molecule has 0 saturated carbocycles. The van der Waals surface area contributed by atoms with Gasteiger partial charge in [0.25, 0.3) is 5.91 Å². The molecular weight excluding hydrogens is 339 g/mol. The molecule has 0 radical (unpaired) electrons. The van der Waals surface area contributed by atoms with Crippen LogP contribution in [0.1, 0.15) is 16.1 Å². The number of pyridine rings is 1. The van der Waals surface area contributed by atoms with Crippen molar-refractivity contribution in [1.82, 2.24) is 9.88 Å². The van der Waals surface area contributed by atoms with Crippen LogP contribution in [0.4, 0.5) is 4.39 Å². The molecule has 4 nitrogen and oxygen atoms in total. The van der Waals surface area contributed by atoms with Crippen LogP contribution in [-0.2, 0) is 6.54 Å². The van der Waals surface area contributed by atoms with Gasteiger partial charge >= 0.3 is 0 Å². The Labute approximate surface area is 130 Å². The van der Waals surface area contributed by atoms with Crippen molar-refractivity contribution in [3.8, 4) is 5.75 Å². The number of hydrogen-bond acceptors (Lipinski definition) is 3. The van der Waals surface area contributed by atoms with Crippen LogP contribution in [0.2, 0.25) is 0 Å². The second kappa shape index (κ2) is 6.67. The molecule has 0 bridgehead atoms. The fraction of sp³-hybridized carbons (Fsp3) is 0.200. The van der Waals surface area contributed by atoms with Crippen LogP contribution in [0.15, 0.2) is 41.0 Å². The maximum Gasteiger partial charge on any atom is 0.272 e. The molecular formula is C15H14BrFN2O2. The molecule has 2 rings (SSSR count). The first-order chi connectivity index (χ1) is 10.0. The number of rotatable bonds is 4. The second-order valence-electron chi connectivity index (χ2n) is 4.48. The number of nitrogens with zero attached hydrogens (tertiary/aromatic N) is 2. The van der Waals surface area contributed by atoms with Crippen molar-refractivity contribution in [2.75, 3.05) is 14.2 Å². The molecule has 0 spiro atoms. The average molecular weight is 353 g/mol. The van der Waals surface area contributed by atoms with Crippen molar-refractivity contribution < 1.29 is 13.9 Å². The number of aromatic nitrogens is 1. The Morgan fingerprint density at radius 3 is 2.76 bits per heavy atom. The van der Waals surface area contributed by atoms with Gasteiger partial charge in [0, 0.05) is 13.6 Å². The zero-order valence-electron chi connectivity index (χ0n) is 11.6. The molecule has 1 amide bonds. The zero-order chi connectivity index (χ0) is 15.4. The first kappa shape index (κ1) is 15.4. The molecule has 110 valence electrons. The third-order valence-corrected chi connectivity index (χ3v) is 3.36. The minimum absolute atomic E-state index is 0.182. The largest absolute Gasteiger partial charge is 0.494 e. The van der Waals surface area contributed by atoms with E-state index in [1.54, 1.807) is 37.4 Å². The third-order valence-electron chi connectivity index (χ3n) is 2.92. The fourth-order valence-electron chi connectivity index (χ4n) is 1.88. The highest BCUT2D eigenvalue weighted by Gasteiger charge is 2.14. The SMILES string of the molecule is COc1ccc(CN(C)C(=O)c2cccc(Br)n2)cc1F. The Kier molecular flexibility index (Phi) is 4.90. The van der Waals surface area contributed by atoms with Crippen LogP contribution < -0.4 is 4.74 Å². The van der Waals surface area contributed by atoms with Gasteiger partial charge in [-0.3, -0.25) is 4.79 Å². The van der Waals surface area contributed by atoms with Crippen LogP contribution in [-0.4, -0.2) is 29.9 Å². The summed E-state index contributed by atoms with van der Waals surface area (Å²) in [5.74, 6) is -0.495. The molecule has 0 atom stereocenters. The molecule has 21 heavy (non-hydrogen) atoms. The highest BCUT2D eigenvalue weighted by molar-refractivity contribution is 9.10. The Morgan fingerprint density at radius 1 is 1.38 bits per heavy atom. The molecule has 1 heterocycles. The smallest absolute Gasteiger partial charge is 0.272 e. The van der Waals surface area contributed by atoms with Gasteiger partial charge in [0.1, 0.15) is 10.3 Å². The highest BCUT2D eigenvalue weighted by Crippen LogP contribution is 2.19. The lowest BCUT2D eigenvalue weighted by molar-refractivity contribution is 0.0779. The van der Waals surface area contributed by atoms with Crippen LogP contribution in [0.25, 0.3) is 0 Å². The summed E-state index contributed by atoms with van der Waals surface area (Å²) in [7, 11) is 3.06. The fourth-order valence-corrected chi connectivity index (χ4v) is 2.22. The number of carbonyl (C=O) groups excluding carboxylic acids is 1. The minimum atomic E-state index is -0.448. The van der Waals surface area contributed by atoms with Crippen molar-refractivity contribution in [2.24, 2.45) is 0 Å². The van der Waals surface area contributed by atoms with Gasteiger partial charge in [0.2, 0.25) is 0 Å². The summed E-state index contributed by atoms with van der Waals surface area (Å²) in [5, 5.41) is 0. The molecule has 0 aliphatic heterocycles. The van der Waals surface area contributed by atoms with Gasteiger partial charge in [-0.05, 0) is 45.8 Å². The third kappa shape index (κ3) is 3.78. The molecule has 0 fully saturated rings. The van der Waals surface area contributed by atoms with E-state index in [9.17, 15) is 9.18 Å². The topological polar surface area (TPSA) is 42.4 Å². The summed E-state index contributed by atoms with van der Waals surface area (Å²) < 4.78 is 19.1. The van der Waals surface area contributed by atoms with E-state index < -0.39 is 5.82 Å². The molecule has 0 unspecified atom stereocenters. The Morgan fingerprint density at radius 2 is 2.14 bits per heavy atom. The summed E-state index contributed by atoms with van der Waals surface area (Å²) in [6, 6.07) is 9.75. The molecule has 6 heteroatoms. The number of halogens is 2.